The number of hydrogen-bond donors (Lipinski definition) is 2. The fourth-order valence-corrected chi connectivity index (χ4v) is 4.11. The van der Waals surface area contributed by atoms with Crippen LogP contribution in [0.4, 0.5) is 0 Å². The molecule has 0 heterocycles. The summed E-state index contributed by atoms with van der Waals surface area (Å²) in [6.45, 7) is 4.81. The number of rotatable bonds is 25. The van der Waals surface area contributed by atoms with Gasteiger partial charge in [0.1, 0.15) is 6.10 Å². The van der Waals surface area contributed by atoms with Crippen molar-refractivity contribution in [2.24, 2.45) is 5.73 Å². The molecule has 0 radical (unpaired) electrons. The molecule has 9 heteroatoms. The molecule has 0 aromatic rings. The Bertz CT molecular complexity index is 493. The summed E-state index contributed by atoms with van der Waals surface area (Å²) in [6, 6.07) is 0. The highest BCUT2D eigenvalue weighted by Crippen LogP contribution is 2.43. The van der Waals surface area contributed by atoms with Crippen LogP contribution >= 0.6 is 7.82 Å². The number of unbranched alkanes of at least 4 members (excludes halogenated alkanes) is 12. The molecule has 3 N–H and O–H groups in total. The van der Waals surface area contributed by atoms with E-state index in [0.29, 0.717) is 13.0 Å². The zero-order valence-corrected chi connectivity index (χ0v) is 22.0. The molecule has 8 nitrogen and oxygen atoms in total. The average Bonchev–Trinajstić information content (AvgIpc) is 2.79. The summed E-state index contributed by atoms with van der Waals surface area (Å²) >= 11 is 0. The van der Waals surface area contributed by atoms with Crippen LogP contribution in [0.15, 0.2) is 0 Å². The van der Waals surface area contributed by atoms with E-state index in [1.54, 1.807) is 0 Å². The maximum atomic E-state index is 12.2. The van der Waals surface area contributed by atoms with Crippen LogP contribution in [0, 0.1) is 0 Å². The number of hydrogen-bond acceptors (Lipinski definition) is 7. The van der Waals surface area contributed by atoms with Gasteiger partial charge in [0.2, 0.25) is 0 Å². The minimum Gasteiger partial charge on any atom is -0.457 e. The lowest BCUT2D eigenvalue weighted by atomic mass is 10.1. The minimum absolute atomic E-state index is 0.0921. The Morgan fingerprint density at radius 3 is 1.91 bits per heavy atom. The third-order valence-electron chi connectivity index (χ3n) is 5.27. The van der Waals surface area contributed by atoms with Gasteiger partial charge in [0, 0.05) is 19.6 Å². The summed E-state index contributed by atoms with van der Waals surface area (Å²) in [5.74, 6) is -0.339. The van der Waals surface area contributed by atoms with E-state index >= 15 is 0 Å². The maximum absolute atomic E-state index is 12.2. The van der Waals surface area contributed by atoms with Crippen molar-refractivity contribution in [2.45, 2.75) is 116 Å². The average molecular weight is 496 g/mol. The maximum Gasteiger partial charge on any atom is 0.472 e. The summed E-state index contributed by atoms with van der Waals surface area (Å²) < 4.78 is 32.7. The second-order valence-electron chi connectivity index (χ2n) is 8.57. The molecular weight excluding hydrogens is 445 g/mol. The van der Waals surface area contributed by atoms with Gasteiger partial charge in [-0.05, 0) is 12.8 Å². The monoisotopic (exact) mass is 495 g/mol. The third-order valence-corrected chi connectivity index (χ3v) is 6.26. The van der Waals surface area contributed by atoms with Crippen molar-refractivity contribution in [2.75, 3.05) is 33.0 Å². The quantitative estimate of drug-likeness (QED) is 0.0913. The minimum atomic E-state index is -4.24. The first-order valence-corrected chi connectivity index (χ1v) is 14.5. The van der Waals surface area contributed by atoms with Crippen LogP contribution in [0.25, 0.3) is 0 Å². The number of ether oxygens (including phenoxy) is 2. The fourth-order valence-electron chi connectivity index (χ4n) is 3.35. The van der Waals surface area contributed by atoms with E-state index in [9.17, 15) is 14.3 Å². The van der Waals surface area contributed by atoms with Crippen molar-refractivity contribution in [3.8, 4) is 0 Å². The van der Waals surface area contributed by atoms with E-state index in [-0.39, 0.29) is 32.3 Å². The zero-order valence-electron chi connectivity index (χ0n) is 21.1. The van der Waals surface area contributed by atoms with Crippen LogP contribution in [-0.2, 0) is 27.9 Å². The Labute approximate surface area is 201 Å². The molecule has 2 unspecified atom stereocenters. The van der Waals surface area contributed by atoms with Crippen LogP contribution in [0.2, 0.25) is 0 Å². The molecule has 0 aromatic carbocycles. The second-order valence-corrected chi connectivity index (χ2v) is 10.0. The van der Waals surface area contributed by atoms with Gasteiger partial charge in [0.25, 0.3) is 0 Å². The molecule has 33 heavy (non-hydrogen) atoms. The Kier molecular flexibility index (Phi) is 22.9. The van der Waals surface area contributed by atoms with Crippen molar-refractivity contribution < 1.29 is 32.8 Å². The van der Waals surface area contributed by atoms with Gasteiger partial charge in [-0.2, -0.15) is 0 Å². The van der Waals surface area contributed by atoms with Crippen molar-refractivity contribution in [3.05, 3.63) is 0 Å². The van der Waals surface area contributed by atoms with Gasteiger partial charge >= 0.3 is 13.8 Å². The van der Waals surface area contributed by atoms with Crippen molar-refractivity contribution in [3.63, 3.8) is 0 Å². The summed E-state index contributed by atoms with van der Waals surface area (Å²) in [6.07, 6.45) is 15.6. The van der Waals surface area contributed by atoms with E-state index in [4.69, 9.17) is 24.3 Å². The molecule has 0 bridgehead atoms. The van der Waals surface area contributed by atoms with Crippen LogP contribution in [0.5, 0.6) is 0 Å². The molecule has 0 rings (SSSR count). The first-order valence-electron chi connectivity index (χ1n) is 13.0. The van der Waals surface area contributed by atoms with Crippen LogP contribution in [0.1, 0.15) is 110 Å². The van der Waals surface area contributed by atoms with Crippen LogP contribution < -0.4 is 5.73 Å². The first-order chi connectivity index (χ1) is 15.9. The summed E-state index contributed by atoms with van der Waals surface area (Å²) in [5, 5.41) is 0. The molecule has 0 saturated carbocycles. The Morgan fingerprint density at radius 2 is 1.33 bits per heavy atom. The number of carbonyl (C=O) groups is 1. The molecule has 0 saturated heterocycles. The summed E-state index contributed by atoms with van der Waals surface area (Å²) in [5.41, 5.74) is 5.29. The number of nitrogens with two attached hydrogens (primary N) is 1. The Hall–Kier alpha value is -0.500. The van der Waals surface area contributed by atoms with Gasteiger partial charge in [-0.3, -0.25) is 13.8 Å². The predicted molar refractivity (Wildman–Crippen MR) is 132 cm³/mol. The van der Waals surface area contributed by atoms with E-state index in [1.807, 2.05) is 0 Å². The number of phosphoric acid groups is 1. The molecule has 0 aromatic heterocycles. The fraction of sp³-hybridized carbons (Fsp3) is 0.958. The van der Waals surface area contributed by atoms with Gasteiger partial charge < -0.3 is 20.1 Å². The SMILES string of the molecule is CCCCCCCCCCC(=O)OC(COCCCCCCCC)COP(=O)(O)OCCN. The van der Waals surface area contributed by atoms with Crippen molar-refractivity contribution in [1.29, 1.82) is 0 Å². The lowest BCUT2D eigenvalue weighted by Crippen LogP contribution is -2.28. The molecular formula is C24H50NO7P. The van der Waals surface area contributed by atoms with Crippen LogP contribution in [-0.4, -0.2) is 49.9 Å². The lowest BCUT2D eigenvalue weighted by molar-refractivity contribution is -0.154. The molecule has 198 valence electrons. The van der Waals surface area contributed by atoms with Crippen molar-refractivity contribution >= 4 is 13.8 Å². The summed E-state index contributed by atoms with van der Waals surface area (Å²) in [4.78, 5) is 21.9. The number of carbonyl (C=O) groups excluding carboxylic acids is 1. The Morgan fingerprint density at radius 1 is 0.788 bits per heavy atom. The predicted octanol–water partition coefficient (Wildman–Crippen LogP) is 5.90. The van der Waals surface area contributed by atoms with E-state index < -0.39 is 13.9 Å². The highest BCUT2D eigenvalue weighted by molar-refractivity contribution is 7.47. The highest BCUT2D eigenvalue weighted by atomic mass is 31.2. The van der Waals surface area contributed by atoms with Gasteiger partial charge in [-0.1, -0.05) is 90.9 Å². The number of esters is 1. The largest absolute Gasteiger partial charge is 0.472 e. The third kappa shape index (κ3) is 23.0. The van der Waals surface area contributed by atoms with Gasteiger partial charge in [0.15, 0.2) is 0 Å². The van der Waals surface area contributed by atoms with E-state index in [1.165, 1.54) is 57.8 Å². The van der Waals surface area contributed by atoms with Gasteiger partial charge in [0.05, 0.1) is 19.8 Å². The molecule has 0 fully saturated rings. The Balaban J connectivity index is 4.25. The summed E-state index contributed by atoms with van der Waals surface area (Å²) in [7, 11) is -4.24. The molecule has 0 spiro atoms. The molecule has 0 aliphatic carbocycles. The second kappa shape index (κ2) is 23.3. The molecule has 0 aliphatic rings. The van der Waals surface area contributed by atoms with Gasteiger partial charge in [-0.25, -0.2) is 4.57 Å². The lowest BCUT2D eigenvalue weighted by Gasteiger charge is -2.20. The highest BCUT2D eigenvalue weighted by Gasteiger charge is 2.25. The van der Waals surface area contributed by atoms with Gasteiger partial charge in [-0.15, -0.1) is 0 Å². The van der Waals surface area contributed by atoms with Crippen molar-refractivity contribution in [1.82, 2.24) is 0 Å². The normalized spacial score (nSPS) is 14.2. The van der Waals surface area contributed by atoms with Crippen LogP contribution in [0.3, 0.4) is 0 Å². The first kappa shape index (κ1) is 32.5. The molecule has 0 amide bonds. The smallest absolute Gasteiger partial charge is 0.457 e. The zero-order chi connectivity index (χ0) is 24.6. The molecule has 0 aliphatic heterocycles. The molecule has 2 atom stereocenters. The topological polar surface area (TPSA) is 117 Å². The number of phosphoric ester groups is 1. The standard InChI is InChI=1S/C24H50NO7P/c1-3-5-7-9-11-12-13-15-17-24(26)32-23(22-31-33(27,28)30-20-18-25)21-29-19-16-14-10-8-6-4-2/h23H,3-22,25H2,1-2H3,(H,27,28). The van der Waals surface area contributed by atoms with E-state index in [2.05, 4.69) is 13.8 Å². The van der Waals surface area contributed by atoms with E-state index in [0.717, 1.165) is 32.1 Å².